The Morgan fingerprint density at radius 3 is 3.06 bits per heavy atom. The normalized spacial score (nSPS) is 20.6. The zero-order valence-electron chi connectivity index (χ0n) is 10.2. The average Bonchev–Trinajstić information content (AvgIpc) is 2.38. The highest BCUT2D eigenvalue weighted by atomic mass is 16.5. The molecule has 17 heavy (non-hydrogen) atoms. The van der Waals surface area contributed by atoms with Gasteiger partial charge in [0.05, 0.1) is 25.9 Å². The highest BCUT2D eigenvalue weighted by Gasteiger charge is 2.23. The molecule has 0 amide bonds. The van der Waals surface area contributed by atoms with E-state index in [4.69, 9.17) is 10.5 Å². The molecule has 1 aromatic rings. The van der Waals surface area contributed by atoms with Crippen molar-refractivity contribution in [3.63, 3.8) is 0 Å². The first-order valence-electron chi connectivity index (χ1n) is 6.01. The van der Waals surface area contributed by atoms with Gasteiger partial charge in [-0.1, -0.05) is 17.7 Å². The number of nitrogens with two attached hydrogens (primary N) is 1. The zero-order valence-corrected chi connectivity index (χ0v) is 10.2. The first kappa shape index (κ1) is 12.4. The molecule has 2 rings (SSSR count). The summed E-state index contributed by atoms with van der Waals surface area (Å²) in [6, 6.07) is 6.32. The Balaban J connectivity index is 2.30. The number of aliphatic hydroxyl groups is 1. The van der Waals surface area contributed by atoms with Crippen LogP contribution in [-0.4, -0.2) is 37.5 Å². The topological polar surface area (TPSA) is 58.7 Å². The summed E-state index contributed by atoms with van der Waals surface area (Å²) in [5.74, 6) is 0. The molecule has 4 nitrogen and oxygen atoms in total. The van der Waals surface area contributed by atoms with E-state index in [9.17, 15) is 5.11 Å². The fraction of sp³-hybridized carbons (Fsp3) is 0.538. The Morgan fingerprint density at radius 1 is 1.53 bits per heavy atom. The Morgan fingerprint density at radius 2 is 2.35 bits per heavy atom. The van der Waals surface area contributed by atoms with Crippen LogP contribution in [0.4, 0.5) is 5.69 Å². The maximum Gasteiger partial charge on any atom is 0.0755 e. The molecule has 1 aromatic carbocycles. The molecular formula is C13H20N2O2. The standard InChI is InChI=1S/C13H20N2O2/c1-10-2-3-13(11(6-10)7-14)15-4-5-17-9-12(15)8-16/h2-3,6,12,16H,4-5,7-9,14H2,1H3. The highest BCUT2D eigenvalue weighted by Crippen LogP contribution is 2.25. The molecule has 0 radical (unpaired) electrons. The van der Waals surface area contributed by atoms with Crippen LogP contribution in [0.25, 0.3) is 0 Å². The van der Waals surface area contributed by atoms with Gasteiger partial charge >= 0.3 is 0 Å². The van der Waals surface area contributed by atoms with Gasteiger partial charge in [-0.2, -0.15) is 0 Å². The lowest BCUT2D eigenvalue weighted by Gasteiger charge is -2.37. The Bertz CT molecular complexity index is 382. The van der Waals surface area contributed by atoms with Gasteiger partial charge in [0.1, 0.15) is 0 Å². The SMILES string of the molecule is Cc1ccc(N2CCOCC2CO)c(CN)c1. The number of ether oxygens (including phenoxy) is 1. The first-order chi connectivity index (χ1) is 8.26. The predicted molar refractivity (Wildman–Crippen MR) is 68.1 cm³/mol. The van der Waals surface area contributed by atoms with Gasteiger partial charge in [-0.15, -0.1) is 0 Å². The van der Waals surface area contributed by atoms with Gasteiger partial charge in [-0.3, -0.25) is 0 Å². The molecule has 0 bridgehead atoms. The number of nitrogens with zero attached hydrogens (tertiary/aromatic N) is 1. The van der Waals surface area contributed by atoms with E-state index in [0.717, 1.165) is 17.8 Å². The summed E-state index contributed by atoms with van der Waals surface area (Å²) in [7, 11) is 0. The third-order valence-corrected chi connectivity index (χ3v) is 3.20. The number of benzene rings is 1. The molecule has 3 N–H and O–H groups in total. The van der Waals surface area contributed by atoms with Crippen LogP contribution in [0.5, 0.6) is 0 Å². The summed E-state index contributed by atoms with van der Waals surface area (Å²) in [6.45, 7) is 4.78. The summed E-state index contributed by atoms with van der Waals surface area (Å²) < 4.78 is 5.39. The Kier molecular flexibility index (Phi) is 3.99. The summed E-state index contributed by atoms with van der Waals surface area (Å²) in [4.78, 5) is 2.20. The van der Waals surface area contributed by atoms with E-state index >= 15 is 0 Å². The van der Waals surface area contributed by atoms with Crippen LogP contribution in [-0.2, 0) is 11.3 Å². The summed E-state index contributed by atoms with van der Waals surface area (Å²) in [5.41, 5.74) is 9.26. The Labute approximate surface area is 102 Å². The van der Waals surface area contributed by atoms with Gasteiger partial charge < -0.3 is 20.5 Å². The molecule has 4 heteroatoms. The molecule has 1 saturated heterocycles. The van der Waals surface area contributed by atoms with E-state index in [1.165, 1.54) is 5.56 Å². The third kappa shape index (κ3) is 2.60. The van der Waals surface area contributed by atoms with Crippen LogP contribution in [0.2, 0.25) is 0 Å². The van der Waals surface area contributed by atoms with Crippen molar-refractivity contribution in [1.29, 1.82) is 0 Å². The number of hydrogen-bond donors (Lipinski definition) is 2. The van der Waals surface area contributed by atoms with Crippen LogP contribution >= 0.6 is 0 Å². The van der Waals surface area contributed by atoms with Gasteiger partial charge in [0.15, 0.2) is 0 Å². The van der Waals surface area contributed by atoms with E-state index in [1.54, 1.807) is 0 Å². The van der Waals surface area contributed by atoms with Crippen molar-refractivity contribution in [1.82, 2.24) is 0 Å². The van der Waals surface area contributed by atoms with Crippen LogP contribution < -0.4 is 10.6 Å². The molecule has 1 atom stereocenters. The second-order valence-corrected chi connectivity index (χ2v) is 4.44. The molecule has 1 aliphatic heterocycles. The van der Waals surface area contributed by atoms with E-state index in [1.807, 2.05) is 0 Å². The molecule has 0 aromatic heterocycles. The maximum atomic E-state index is 9.39. The number of rotatable bonds is 3. The lowest BCUT2D eigenvalue weighted by Crippen LogP contribution is -2.48. The highest BCUT2D eigenvalue weighted by molar-refractivity contribution is 5.56. The summed E-state index contributed by atoms with van der Waals surface area (Å²) >= 11 is 0. The largest absolute Gasteiger partial charge is 0.394 e. The van der Waals surface area contributed by atoms with E-state index in [2.05, 4.69) is 30.0 Å². The molecular weight excluding hydrogens is 216 g/mol. The van der Waals surface area contributed by atoms with Crippen molar-refractivity contribution in [3.05, 3.63) is 29.3 Å². The van der Waals surface area contributed by atoms with Gasteiger partial charge in [0.25, 0.3) is 0 Å². The van der Waals surface area contributed by atoms with Crippen LogP contribution in [0, 0.1) is 6.92 Å². The minimum atomic E-state index is 0.0387. The molecule has 94 valence electrons. The Hall–Kier alpha value is -1.10. The molecule has 0 saturated carbocycles. The van der Waals surface area contributed by atoms with Crippen molar-refractivity contribution >= 4 is 5.69 Å². The van der Waals surface area contributed by atoms with Crippen molar-refractivity contribution < 1.29 is 9.84 Å². The van der Waals surface area contributed by atoms with Crippen molar-refractivity contribution in [3.8, 4) is 0 Å². The van der Waals surface area contributed by atoms with Crippen LogP contribution in [0.1, 0.15) is 11.1 Å². The van der Waals surface area contributed by atoms with Crippen molar-refractivity contribution in [2.75, 3.05) is 31.3 Å². The number of anilines is 1. The molecule has 1 aliphatic rings. The van der Waals surface area contributed by atoms with Crippen LogP contribution in [0.15, 0.2) is 18.2 Å². The summed E-state index contributed by atoms with van der Waals surface area (Å²) in [6.07, 6.45) is 0. The number of aliphatic hydroxyl groups excluding tert-OH is 1. The second kappa shape index (κ2) is 5.49. The second-order valence-electron chi connectivity index (χ2n) is 4.44. The lowest BCUT2D eigenvalue weighted by atomic mass is 10.1. The third-order valence-electron chi connectivity index (χ3n) is 3.20. The minimum absolute atomic E-state index is 0.0387. The fourth-order valence-electron chi connectivity index (χ4n) is 2.28. The number of aryl methyl sites for hydroxylation is 1. The van der Waals surface area contributed by atoms with E-state index in [-0.39, 0.29) is 12.6 Å². The van der Waals surface area contributed by atoms with E-state index < -0.39 is 0 Å². The molecule has 0 spiro atoms. The molecule has 1 unspecified atom stereocenters. The van der Waals surface area contributed by atoms with Crippen molar-refractivity contribution in [2.45, 2.75) is 19.5 Å². The van der Waals surface area contributed by atoms with Gasteiger partial charge in [-0.05, 0) is 18.6 Å². The fourth-order valence-corrected chi connectivity index (χ4v) is 2.28. The number of hydrogen-bond acceptors (Lipinski definition) is 4. The van der Waals surface area contributed by atoms with Gasteiger partial charge in [0, 0.05) is 18.8 Å². The zero-order chi connectivity index (χ0) is 12.3. The predicted octanol–water partition coefficient (Wildman–Crippen LogP) is 0.651. The lowest BCUT2D eigenvalue weighted by molar-refractivity contribution is 0.0726. The van der Waals surface area contributed by atoms with Gasteiger partial charge in [-0.25, -0.2) is 0 Å². The average molecular weight is 236 g/mol. The van der Waals surface area contributed by atoms with Crippen LogP contribution in [0.3, 0.4) is 0 Å². The molecule has 1 fully saturated rings. The quantitative estimate of drug-likeness (QED) is 0.809. The first-order valence-corrected chi connectivity index (χ1v) is 6.01. The minimum Gasteiger partial charge on any atom is -0.394 e. The monoisotopic (exact) mass is 236 g/mol. The van der Waals surface area contributed by atoms with Crippen molar-refractivity contribution in [2.24, 2.45) is 5.73 Å². The van der Waals surface area contributed by atoms with Gasteiger partial charge in [0.2, 0.25) is 0 Å². The molecule has 0 aliphatic carbocycles. The summed E-state index contributed by atoms with van der Waals surface area (Å²) in [5, 5.41) is 9.39. The van der Waals surface area contributed by atoms with E-state index in [0.29, 0.717) is 19.8 Å². The number of morpholine rings is 1. The maximum absolute atomic E-state index is 9.39. The molecule has 1 heterocycles. The smallest absolute Gasteiger partial charge is 0.0755 e.